The highest BCUT2D eigenvalue weighted by Gasteiger charge is 2.18. The van der Waals surface area contributed by atoms with Gasteiger partial charge < -0.3 is 10.1 Å². The Morgan fingerprint density at radius 1 is 1.22 bits per heavy atom. The predicted octanol–water partition coefficient (Wildman–Crippen LogP) is 3.14. The van der Waals surface area contributed by atoms with E-state index in [9.17, 15) is 0 Å². The smallest absolute Gasteiger partial charge is 0.122 e. The molecule has 0 bridgehead atoms. The van der Waals surface area contributed by atoms with E-state index in [-0.39, 0.29) is 0 Å². The van der Waals surface area contributed by atoms with Crippen molar-refractivity contribution < 1.29 is 4.74 Å². The molecule has 1 aliphatic rings. The molecule has 1 aliphatic heterocycles. The second-order valence-electron chi connectivity index (χ2n) is 4.96. The van der Waals surface area contributed by atoms with Crippen LogP contribution in [0.4, 0.5) is 0 Å². The van der Waals surface area contributed by atoms with Crippen molar-refractivity contribution in [3.63, 3.8) is 0 Å². The fraction of sp³-hybridized carbons (Fsp3) is 0.375. The zero-order valence-corrected chi connectivity index (χ0v) is 10.8. The number of hydrogen-bond acceptors (Lipinski definition) is 2. The lowest BCUT2D eigenvalue weighted by Gasteiger charge is -2.16. The van der Waals surface area contributed by atoms with Gasteiger partial charge in [-0.3, -0.25) is 0 Å². The zero-order chi connectivity index (χ0) is 12.4. The van der Waals surface area contributed by atoms with Crippen LogP contribution in [-0.4, -0.2) is 19.7 Å². The highest BCUT2D eigenvalue weighted by Crippen LogP contribution is 2.30. The van der Waals surface area contributed by atoms with Crippen molar-refractivity contribution in [2.75, 3.05) is 13.7 Å². The van der Waals surface area contributed by atoms with Gasteiger partial charge in [-0.05, 0) is 42.6 Å². The standard InChI is InChI=1S/C16H19NO/c1-18-16-9-8-12-5-2-3-7-14(12)15(16)11-13-6-4-10-17-13/h2-3,5,7-9,13,17H,4,6,10-11H2,1H3. The number of methoxy groups -OCH3 is 1. The zero-order valence-electron chi connectivity index (χ0n) is 10.8. The summed E-state index contributed by atoms with van der Waals surface area (Å²) in [5, 5.41) is 6.19. The van der Waals surface area contributed by atoms with Gasteiger partial charge in [0.1, 0.15) is 5.75 Å². The molecule has 1 fully saturated rings. The largest absolute Gasteiger partial charge is 0.496 e. The van der Waals surface area contributed by atoms with E-state index in [0.29, 0.717) is 6.04 Å². The van der Waals surface area contributed by atoms with E-state index in [1.54, 1.807) is 7.11 Å². The Balaban J connectivity index is 2.05. The summed E-state index contributed by atoms with van der Waals surface area (Å²) in [7, 11) is 1.76. The van der Waals surface area contributed by atoms with E-state index in [0.717, 1.165) is 18.7 Å². The fourth-order valence-electron chi connectivity index (χ4n) is 2.90. The molecule has 0 aromatic heterocycles. The third kappa shape index (κ3) is 2.08. The Bertz CT molecular complexity index is 544. The van der Waals surface area contributed by atoms with E-state index in [2.05, 4.69) is 41.7 Å². The summed E-state index contributed by atoms with van der Waals surface area (Å²) < 4.78 is 5.54. The summed E-state index contributed by atoms with van der Waals surface area (Å²) in [5.41, 5.74) is 1.34. The minimum Gasteiger partial charge on any atom is -0.496 e. The number of benzene rings is 2. The third-order valence-electron chi connectivity index (χ3n) is 3.83. The Labute approximate surface area is 108 Å². The number of rotatable bonds is 3. The van der Waals surface area contributed by atoms with E-state index < -0.39 is 0 Å². The quantitative estimate of drug-likeness (QED) is 0.891. The normalized spacial score (nSPS) is 19.3. The predicted molar refractivity (Wildman–Crippen MR) is 75.2 cm³/mol. The molecule has 3 rings (SSSR count). The monoisotopic (exact) mass is 241 g/mol. The molecule has 1 saturated heterocycles. The maximum atomic E-state index is 5.54. The van der Waals surface area contributed by atoms with Crippen LogP contribution in [0.2, 0.25) is 0 Å². The first-order valence-electron chi connectivity index (χ1n) is 6.66. The topological polar surface area (TPSA) is 21.3 Å². The SMILES string of the molecule is COc1ccc2ccccc2c1CC1CCCN1. The molecule has 1 heterocycles. The summed E-state index contributed by atoms with van der Waals surface area (Å²) in [6.45, 7) is 1.15. The molecule has 2 aromatic carbocycles. The Hall–Kier alpha value is -1.54. The first-order valence-corrected chi connectivity index (χ1v) is 6.66. The lowest BCUT2D eigenvalue weighted by Crippen LogP contribution is -2.24. The summed E-state index contributed by atoms with van der Waals surface area (Å²) >= 11 is 0. The summed E-state index contributed by atoms with van der Waals surface area (Å²) in [4.78, 5) is 0. The first kappa shape index (κ1) is 11.5. The van der Waals surface area contributed by atoms with Crippen molar-refractivity contribution in [2.24, 2.45) is 0 Å². The second kappa shape index (κ2) is 4.99. The van der Waals surface area contributed by atoms with Crippen LogP contribution in [0.3, 0.4) is 0 Å². The molecule has 0 spiro atoms. The van der Waals surface area contributed by atoms with Crippen molar-refractivity contribution in [1.82, 2.24) is 5.32 Å². The van der Waals surface area contributed by atoms with Crippen LogP contribution in [0.15, 0.2) is 36.4 Å². The van der Waals surface area contributed by atoms with Gasteiger partial charge >= 0.3 is 0 Å². The fourth-order valence-corrected chi connectivity index (χ4v) is 2.90. The van der Waals surface area contributed by atoms with Gasteiger partial charge in [0.05, 0.1) is 7.11 Å². The van der Waals surface area contributed by atoms with E-state index in [1.165, 1.54) is 29.2 Å². The Morgan fingerprint density at radius 3 is 2.89 bits per heavy atom. The first-order chi connectivity index (χ1) is 8.88. The van der Waals surface area contributed by atoms with Crippen LogP contribution < -0.4 is 10.1 Å². The highest BCUT2D eigenvalue weighted by molar-refractivity contribution is 5.87. The lowest BCUT2D eigenvalue weighted by atomic mass is 9.97. The second-order valence-corrected chi connectivity index (χ2v) is 4.96. The Morgan fingerprint density at radius 2 is 2.11 bits per heavy atom. The number of fused-ring (bicyclic) bond motifs is 1. The van der Waals surface area contributed by atoms with Crippen molar-refractivity contribution in [1.29, 1.82) is 0 Å². The molecule has 0 saturated carbocycles. The van der Waals surface area contributed by atoms with Crippen LogP contribution in [0.5, 0.6) is 5.75 Å². The van der Waals surface area contributed by atoms with Gasteiger partial charge in [-0.1, -0.05) is 30.3 Å². The van der Waals surface area contributed by atoms with Crippen molar-refractivity contribution in [3.05, 3.63) is 42.0 Å². The molecular formula is C16H19NO. The maximum Gasteiger partial charge on any atom is 0.122 e. The minimum atomic E-state index is 0.602. The maximum absolute atomic E-state index is 5.54. The molecule has 94 valence electrons. The van der Waals surface area contributed by atoms with Gasteiger partial charge in [-0.2, -0.15) is 0 Å². The summed E-state index contributed by atoms with van der Waals surface area (Å²) in [5.74, 6) is 1.02. The molecule has 1 unspecified atom stereocenters. The summed E-state index contributed by atoms with van der Waals surface area (Å²) in [6.07, 6.45) is 3.62. The molecule has 0 amide bonds. The van der Waals surface area contributed by atoms with Crippen LogP contribution in [0.1, 0.15) is 18.4 Å². The van der Waals surface area contributed by atoms with Crippen LogP contribution in [0.25, 0.3) is 10.8 Å². The van der Waals surface area contributed by atoms with E-state index in [4.69, 9.17) is 4.74 Å². The van der Waals surface area contributed by atoms with Crippen LogP contribution in [-0.2, 0) is 6.42 Å². The summed E-state index contributed by atoms with van der Waals surface area (Å²) in [6, 6.07) is 13.4. The molecule has 18 heavy (non-hydrogen) atoms. The molecular weight excluding hydrogens is 222 g/mol. The minimum absolute atomic E-state index is 0.602. The molecule has 2 heteroatoms. The van der Waals surface area contributed by atoms with Crippen LogP contribution >= 0.6 is 0 Å². The van der Waals surface area contributed by atoms with E-state index >= 15 is 0 Å². The number of ether oxygens (including phenoxy) is 1. The van der Waals surface area contributed by atoms with Crippen molar-refractivity contribution >= 4 is 10.8 Å². The number of hydrogen-bond donors (Lipinski definition) is 1. The molecule has 1 N–H and O–H groups in total. The molecule has 0 radical (unpaired) electrons. The van der Waals surface area contributed by atoms with Crippen molar-refractivity contribution in [3.8, 4) is 5.75 Å². The average molecular weight is 241 g/mol. The van der Waals surface area contributed by atoms with E-state index in [1.807, 2.05) is 0 Å². The van der Waals surface area contributed by atoms with Gasteiger partial charge in [-0.25, -0.2) is 0 Å². The van der Waals surface area contributed by atoms with Crippen LogP contribution in [0, 0.1) is 0 Å². The molecule has 0 aliphatic carbocycles. The highest BCUT2D eigenvalue weighted by atomic mass is 16.5. The lowest BCUT2D eigenvalue weighted by molar-refractivity contribution is 0.408. The van der Waals surface area contributed by atoms with Gasteiger partial charge in [0, 0.05) is 11.6 Å². The molecule has 1 atom stereocenters. The number of nitrogens with one attached hydrogen (secondary N) is 1. The van der Waals surface area contributed by atoms with Gasteiger partial charge in [0.15, 0.2) is 0 Å². The molecule has 2 nitrogen and oxygen atoms in total. The molecule has 2 aromatic rings. The Kier molecular flexibility index (Phi) is 3.20. The van der Waals surface area contributed by atoms with Gasteiger partial charge in [-0.15, -0.1) is 0 Å². The van der Waals surface area contributed by atoms with Gasteiger partial charge in [0.25, 0.3) is 0 Å². The average Bonchev–Trinajstić information content (AvgIpc) is 2.92. The third-order valence-corrected chi connectivity index (χ3v) is 3.83. The van der Waals surface area contributed by atoms with Gasteiger partial charge in [0.2, 0.25) is 0 Å². The van der Waals surface area contributed by atoms with Crippen molar-refractivity contribution in [2.45, 2.75) is 25.3 Å².